The quantitative estimate of drug-likeness (QED) is 0.0321. The smallest absolute Gasteiger partial charge is 0.305 e. The third-order valence-electron chi connectivity index (χ3n) is 14.0. The number of carbonyl (C=O) groups excluding carboxylic acids is 2. The van der Waals surface area contributed by atoms with Crippen LogP contribution in [0.15, 0.2) is 24.3 Å². The van der Waals surface area contributed by atoms with Crippen LogP contribution < -0.4 is 5.32 Å². The minimum atomic E-state index is -0.666. The van der Waals surface area contributed by atoms with E-state index in [-0.39, 0.29) is 18.5 Å². The molecule has 0 spiro atoms. The van der Waals surface area contributed by atoms with E-state index in [2.05, 4.69) is 43.5 Å². The molecule has 0 aromatic rings. The van der Waals surface area contributed by atoms with Crippen LogP contribution in [0.25, 0.3) is 0 Å². The van der Waals surface area contributed by atoms with E-state index in [9.17, 15) is 19.8 Å². The summed E-state index contributed by atoms with van der Waals surface area (Å²) < 4.78 is 5.43. The van der Waals surface area contributed by atoms with Crippen LogP contribution in [0.4, 0.5) is 0 Å². The average molecular weight is 945 g/mol. The lowest BCUT2D eigenvalue weighted by atomic mass is 10.0. The van der Waals surface area contributed by atoms with Crippen molar-refractivity contribution in [2.24, 2.45) is 0 Å². The van der Waals surface area contributed by atoms with Gasteiger partial charge in [-0.1, -0.05) is 295 Å². The molecule has 2 unspecified atom stereocenters. The van der Waals surface area contributed by atoms with Gasteiger partial charge in [-0.2, -0.15) is 0 Å². The van der Waals surface area contributed by atoms with Crippen LogP contribution >= 0.6 is 0 Å². The SMILES string of the molecule is CCCCCCCCCCCCCCCCCCCC(=O)OCC/C=C\C/C=C\CCCCCCCCCCCCCCCCC(=O)NC(CO)C(O)CCCCCCCCCCCCCC. The molecule has 6 nitrogen and oxygen atoms in total. The van der Waals surface area contributed by atoms with Crippen LogP contribution in [0.5, 0.6) is 0 Å². The predicted molar refractivity (Wildman–Crippen MR) is 292 cm³/mol. The Labute approximate surface area is 418 Å². The number of allylic oxidation sites excluding steroid dienone is 3. The molecule has 3 N–H and O–H groups in total. The van der Waals surface area contributed by atoms with Gasteiger partial charge in [0.2, 0.25) is 5.91 Å². The van der Waals surface area contributed by atoms with Crippen molar-refractivity contribution in [2.45, 2.75) is 341 Å². The highest BCUT2D eigenvalue weighted by molar-refractivity contribution is 5.76. The van der Waals surface area contributed by atoms with E-state index in [1.54, 1.807) is 0 Å². The molecule has 0 aliphatic rings. The first-order chi connectivity index (χ1) is 33.0. The minimum Gasteiger partial charge on any atom is -0.465 e. The van der Waals surface area contributed by atoms with E-state index >= 15 is 0 Å². The van der Waals surface area contributed by atoms with E-state index in [1.807, 2.05) is 0 Å². The number of nitrogens with one attached hydrogen (secondary N) is 1. The first-order valence-electron chi connectivity index (χ1n) is 30.1. The van der Waals surface area contributed by atoms with Gasteiger partial charge in [-0.15, -0.1) is 0 Å². The van der Waals surface area contributed by atoms with Crippen molar-refractivity contribution in [3.05, 3.63) is 24.3 Å². The zero-order valence-electron chi connectivity index (χ0n) is 45.1. The summed E-state index contributed by atoms with van der Waals surface area (Å²) in [5.41, 5.74) is 0. The third kappa shape index (κ3) is 53.5. The van der Waals surface area contributed by atoms with Crippen LogP contribution in [0.3, 0.4) is 0 Å². The van der Waals surface area contributed by atoms with E-state index in [0.717, 1.165) is 51.4 Å². The Balaban J connectivity index is 3.42. The Morgan fingerprint density at radius 1 is 0.418 bits per heavy atom. The number of amides is 1. The molecular weight excluding hydrogens is 827 g/mol. The highest BCUT2D eigenvalue weighted by Gasteiger charge is 2.20. The van der Waals surface area contributed by atoms with Crippen LogP contribution in [0.1, 0.15) is 328 Å². The fraction of sp³-hybridized carbons (Fsp3) is 0.902. The van der Waals surface area contributed by atoms with Gasteiger partial charge in [0.05, 0.1) is 25.4 Å². The molecule has 0 aliphatic carbocycles. The van der Waals surface area contributed by atoms with E-state index in [4.69, 9.17) is 4.74 Å². The second kappa shape index (κ2) is 56.9. The second-order valence-electron chi connectivity index (χ2n) is 20.7. The lowest BCUT2D eigenvalue weighted by Gasteiger charge is -2.22. The lowest BCUT2D eigenvalue weighted by Crippen LogP contribution is -2.45. The summed E-state index contributed by atoms with van der Waals surface area (Å²) in [6, 6.07) is -0.544. The Morgan fingerprint density at radius 3 is 1.13 bits per heavy atom. The second-order valence-corrected chi connectivity index (χ2v) is 20.7. The first-order valence-corrected chi connectivity index (χ1v) is 30.1. The molecule has 1 amide bonds. The van der Waals surface area contributed by atoms with Crippen molar-refractivity contribution >= 4 is 11.9 Å². The first kappa shape index (κ1) is 65.3. The number of esters is 1. The van der Waals surface area contributed by atoms with Crippen molar-refractivity contribution in [3.63, 3.8) is 0 Å². The number of aliphatic hydroxyl groups is 2. The Hall–Kier alpha value is -1.66. The molecule has 0 rings (SSSR count). The summed E-state index contributed by atoms with van der Waals surface area (Å²) in [4.78, 5) is 24.5. The maximum atomic E-state index is 12.4. The molecule has 0 aromatic heterocycles. The van der Waals surface area contributed by atoms with Crippen molar-refractivity contribution in [1.29, 1.82) is 0 Å². The number of ether oxygens (including phenoxy) is 1. The van der Waals surface area contributed by atoms with Gasteiger partial charge in [-0.3, -0.25) is 9.59 Å². The number of carbonyl (C=O) groups is 2. The summed E-state index contributed by atoms with van der Waals surface area (Å²) in [5, 5.41) is 23.2. The van der Waals surface area contributed by atoms with Crippen LogP contribution in [0, 0.1) is 0 Å². The van der Waals surface area contributed by atoms with Crippen LogP contribution in [-0.4, -0.2) is 47.4 Å². The molecular formula is C61H117NO5. The van der Waals surface area contributed by atoms with Gasteiger partial charge in [0, 0.05) is 12.8 Å². The van der Waals surface area contributed by atoms with Crippen molar-refractivity contribution in [2.75, 3.05) is 13.2 Å². The largest absolute Gasteiger partial charge is 0.465 e. The number of aliphatic hydroxyl groups excluding tert-OH is 2. The fourth-order valence-corrected chi connectivity index (χ4v) is 9.42. The minimum absolute atomic E-state index is 0.0310. The van der Waals surface area contributed by atoms with Gasteiger partial charge in [0.25, 0.3) is 0 Å². The molecule has 0 saturated carbocycles. The van der Waals surface area contributed by atoms with E-state index in [1.165, 1.54) is 244 Å². The van der Waals surface area contributed by atoms with Crippen molar-refractivity contribution in [3.8, 4) is 0 Å². The summed E-state index contributed by atoms with van der Waals surface area (Å²) in [6.45, 7) is 4.86. The summed E-state index contributed by atoms with van der Waals surface area (Å²) in [7, 11) is 0. The summed E-state index contributed by atoms with van der Waals surface area (Å²) in [6.07, 6.45) is 69.1. The molecule has 0 bridgehead atoms. The molecule has 0 aromatic carbocycles. The van der Waals surface area contributed by atoms with Crippen LogP contribution in [0.2, 0.25) is 0 Å². The molecule has 0 aliphatic heterocycles. The van der Waals surface area contributed by atoms with E-state index in [0.29, 0.717) is 25.9 Å². The zero-order valence-corrected chi connectivity index (χ0v) is 45.1. The Kier molecular flexibility index (Phi) is 55.5. The molecule has 6 heteroatoms. The normalized spacial score (nSPS) is 12.7. The van der Waals surface area contributed by atoms with E-state index < -0.39 is 12.1 Å². The summed E-state index contributed by atoms with van der Waals surface area (Å²) >= 11 is 0. The standard InChI is InChI=1S/C61H117NO5/c1-3-5-7-9-11-13-15-17-18-24-28-31-35-39-43-47-51-55-61(66)67-56-52-48-44-40-36-32-29-26-23-21-19-20-22-25-27-30-34-38-42-46-50-54-60(65)62-58(57-63)59(64)53-49-45-41-37-33-16-14-12-10-8-6-4-2/h32,36,44,48,58-59,63-64H,3-31,33-35,37-43,45-47,49-57H2,1-2H3,(H,62,65)/b36-32-,48-44-. The van der Waals surface area contributed by atoms with Gasteiger partial charge in [-0.25, -0.2) is 0 Å². The maximum Gasteiger partial charge on any atom is 0.305 e. The van der Waals surface area contributed by atoms with Crippen molar-refractivity contribution < 1.29 is 24.5 Å². The highest BCUT2D eigenvalue weighted by atomic mass is 16.5. The monoisotopic (exact) mass is 944 g/mol. The molecule has 0 fully saturated rings. The Bertz CT molecular complexity index is 1040. The molecule has 2 atom stereocenters. The Morgan fingerprint density at radius 2 is 0.746 bits per heavy atom. The molecule has 0 saturated heterocycles. The number of hydrogen-bond acceptors (Lipinski definition) is 5. The average Bonchev–Trinajstić information content (AvgIpc) is 3.33. The highest BCUT2D eigenvalue weighted by Crippen LogP contribution is 2.18. The topological polar surface area (TPSA) is 95.9 Å². The maximum absolute atomic E-state index is 12.4. The zero-order chi connectivity index (χ0) is 48.6. The van der Waals surface area contributed by atoms with Gasteiger partial charge >= 0.3 is 5.97 Å². The fourth-order valence-electron chi connectivity index (χ4n) is 9.42. The predicted octanol–water partition coefficient (Wildman–Crippen LogP) is 18.6. The molecule has 396 valence electrons. The number of rotatable bonds is 56. The molecule has 67 heavy (non-hydrogen) atoms. The lowest BCUT2D eigenvalue weighted by molar-refractivity contribution is -0.143. The van der Waals surface area contributed by atoms with Gasteiger partial charge in [0.1, 0.15) is 0 Å². The summed E-state index contributed by atoms with van der Waals surface area (Å²) in [5.74, 6) is -0.0703. The third-order valence-corrected chi connectivity index (χ3v) is 14.0. The molecule has 0 heterocycles. The van der Waals surface area contributed by atoms with Gasteiger partial charge < -0.3 is 20.3 Å². The van der Waals surface area contributed by atoms with Crippen LogP contribution in [-0.2, 0) is 14.3 Å². The van der Waals surface area contributed by atoms with Gasteiger partial charge in [-0.05, 0) is 44.9 Å². The molecule has 0 radical (unpaired) electrons. The van der Waals surface area contributed by atoms with Crippen molar-refractivity contribution in [1.82, 2.24) is 5.32 Å². The van der Waals surface area contributed by atoms with Gasteiger partial charge in [0.15, 0.2) is 0 Å². The number of unbranched alkanes of at least 4 members (excludes halogenated alkanes) is 41. The number of hydrogen-bond donors (Lipinski definition) is 3.